The Morgan fingerprint density at radius 2 is 1.90 bits per heavy atom. The Balaban J connectivity index is 2.45. The van der Waals surface area contributed by atoms with E-state index in [2.05, 4.69) is 5.32 Å². The summed E-state index contributed by atoms with van der Waals surface area (Å²) in [5, 5.41) is 2.58. The lowest BCUT2D eigenvalue weighted by Gasteiger charge is -2.05. The van der Waals surface area contributed by atoms with Crippen LogP contribution in [0.3, 0.4) is 0 Å². The van der Waals surface area contributed by atoms with Crippen molar-refractivity contribution in [2.75, 3.05) is 26.9 Å². The fourth-order valence-electron chi connectivity index (χ4n) is 2.49. The Bertz CT molecular complexity index is 1090. The highest BCUT2D eigenvalue weighted by molar-refractivity contribution is 7.07. The number of aromatic nitrogens is 1. The first-order valence-corrected chi connectivity index (χ1v) is 10.00. The Kier molecular flexibility index (Phi) is 8.57. The van der Waals surface area contributed by atoms with Gasteiger partial charge in [-0.1, -0.05) is 12.1 Å². The molecule has 7 nitrogen and oxygen atoms in total. The van der Waals surface area contributed by atoms with E-state index in [-0.39, 0.29) is 28.9 Å². The average Bonchev–Trinajstić information content (AvgIpc) is 2.97. The molecule has 0 fully saturated rings. The topological polar surface area (TPSA) is 86.6 Å². The molecule has 0 radical (unpaired) electrons. The number of carbonyl (C=O) groups excluding carboxylic acids is 2. The number of nitrogens with zero attached hydrogens (tertiary/aromatic N) is 1. The number of esters is 1. The molecule has 1 aromatic heterocycles. The van der Waals surface area contributed by atoms with E-state index in [1.54, 1.807) is 6.92 Å². The van der Waals surface area contributed by atoms with Crippen molar-refractivity contribution in [2.24, 2.45) is 0 Å². The van der Waals surface area contributed by atoms with E-state index in [0.717, 1.165) is 34.1 Å². The van der Waals surface area contributed by atoms with Crippen molar-refractivity contribution in [3.8, 4) is 0 Å². The number of benzene rings is 1. The predicted octanol–water partition coefficient (Wildman–Crippen LogP) is 0.864. The van der Waals surface area contributed by atoms with Crippen LogP contribution in [0.1, 0.15) is 18.1 Å². The monoisotopic (exact) mass is 458 g/mol. The van der Waals surface area contributed by atoms with Crippen molar-refractivity contribution < 1.29 is 32.2 Å². The van der Waals surface area contributed by atoms with Crippen molar-refractivity contribution in [1.82, 2.24) is 9.88 Å². The molecule has 0 aliphatic rings. The molecule has 0 unspecified atom stereocenters. The standard InChI is InChI=1S/C20H21F3N2O5S/c1-3-30-18(27)11-17-25(12-16(26)24-8-9-29-2)19(28)15(31-17)10-13-4-6-14(7-5-13)20(21,22)23/h4-7,10-11H,3,8-9,12H2,1-2H3,(H,24,26)/b15-10+,17-11-. The maximum atomic E-state index is 12.8. The number of halogens is 3. The van der Waals surface area contributed by atoms with Crippen LogP contribution in [0.15, 0.2) is 29.1 Å². The van der Waals surface area contributed by atoms with Crippen LogP contribution in [0, 0.1) is 0 Å². The summed E-state index contributed by atoms with van der Waals surface area (Å²) >= 11 is 0.927. The van der Waals surface area contributed by atoms with Crippen molar-refractivity contribution >= 4 is 35.4 Å². The summed E-state index contributed by atoms with van der Waals surface area (Å²) in [6, 6.07) is 4.29. The van der Waals surface area contributed by atoms with Gasteiger partial charge in [0.05, 0.1) is 29.4 Å². The zero-order chi connectivity index (χ0) is 23.0. The van der Waals surface area contributed by atoms with Gasteiger partial charge in [-0.25, -0.2) is 4.79 Å². The SMILES string of the molecule is CCOC(=O)/C=c1\s/c(=C/c2ccc(C(F)(F)F)cc2)c(=O)n1CC(=O)NCCOC. The summed E-state index contributed by atoms with van der Waals surface area (Å²) in [5.74, 6) is -1.14. The summed E-state index contributed by atoms with van der Waals surface area (Å²) in [5.41, 5.74) is -0.995. The number of alkyl halides is 3. The lowest BCUT2D eigenvalue weighted by Crippen LogP contribution is -2.39. The molecule has 31 heavy (non-hydrogen) atoms. The van der Waals surface area contributed by atoms with Crippen LogP contribution in [0.25, 0.3) is 12.2 Å². The zero-order valence-corrected chi connectivity index (χ0v) is 17.6. The quantitative estimate of drug-likeness (QED) is 0.469. The summed E-state index contributed by atoms with van der Waals surface area (Å²) in [7, 11) is 1.48. The van der Waals surface area contributed by atoms with Crippen LogP contribution in [0.4, 0.5) is 13.2 Å². The number of nitrogens with one attached hydrogen (secondary N) is 1. The second-order valence-corrected chi connectivity index (χ2v) is 7.26. The molecule has 0 aliphatic carbocycles. The Hall–Kier alpha value is -2.92. The zero-order valence-electron chi connectivity index (χ0n) is 16.8. The van der Waals surface area contributed by atoms with Crippen LogP contribution in [0.5, 0.6) is 0 Å². The lowest BCUT2D eigenvalue weighted by atomic mass is 10.1. The molecule has 0 aliphatic heterocycles. The largest absolute Gasteiger partial charge is 0.463 e. The fraction of sp³-hybridized carbons (Fsp3) is 0.350. The van der Waals surface area contributed by atoms with Crippen LogP contribution < -0.4 is 20.1 Å². The first kappa shape index (κ1) is 24.4. The van der Waals surface area contributed by atoms with Gasteiger partial charge in [0.15, 0.2) is 0 Å². The van der Waals surface area contributed by atoms with Crippen LogP contribution in [0.2, 0.25) is 0 Å². The number of amides is 1. The molecule has 1 aromatic carbocycles. The smallest absolute Gasteiger partial charge is 0.416 e. The molecule has 0 saturated carbocycles. The van der Waals surface area contributed by atoms with Crippen LogP contribution >= 0.6 is 11.3 Å². The van der Waals surface area contributed by atoms with Gasteiger partial charge in [-0.15, -0.1) is 11.3 Å². The molecule has 1 N–H and O–H groups in total. The van der Waals surface area contributed by atoms with E-state index in [9.17, 15) is 27.6 Å². The van der Waals surface area contributed by atoms with Gasteiger partial charge in [0.25, 0.3) is 5.56 Å². The van der Waals surface area contributed by atoms with Gasteiger partial charge in [-0.05, 0) is 30.7 Å². The number of methoxy groups -OCH3 is 1. The third kappa shape index (κ3) is 7.07. The summed E-state index contributed by atoms with van der Waals surface area (Å²) in [6.45, 7) is 1.95. The third-order valence-corrected chi connectivity index (χ3v) is 4.99. The molecular formula is C20H21F3N2O5S. The minimum absolute atomic E-state index is 0.132. The molecule has 168 valence electrons. The molecule has 1 heterocycles. The van der Waals surface area contributed by atoms with Crippen LogP contribution in [-0.2, 0) is 31.8 Å². The number of hydrogen-bond acceptors (Lipinski definition) is 6. The maximum absolute atomic E-state index is 12.8. The van der Waals surface area contributed by atoms with E-state index in [4.69, 9.17) is 9.47 Å². The molecule has 0 bridgehead atoms. The van der Waals surface area contributed by atoms with Gasteiger partial charge in [0.1, 0.15) is 11.2 Å². The van der Waals surface area contributed by atoms with Crippen molar-refractivity contribution in [1.29, 1.82) is 0 Å². The van der Waals surface area contributed by atoms with E-state index in [1.165, 1.54) is 25.3 Å². The van der Waals surface area contributed by atoms with Crippen molar-refractivity contribution in [2.45, 2.75) is 19.6 Å². The summed E-state index contributed by atoms with van der Waals surface area (Å²) in [6.07, 6.45) is -1.97. The summed E-state index contributed by atoms with van der Waals surface area (Å²) < 4.78 is 49.3. The summed E-state index contributed by atoms with van der Waals surface area (Å²) in [4.78, 5) is 36.8. The van der Waals surface area contributed by atoms with E-state index < -0.39 is 29.2 Å². The van der Waals surface area contributed by atoms with Crippen molar-refractivity contribution in [3.05, 3.63) is 54.9 Å². The predicted molar refractivity (Wildman–Crippen MR) is 109 cm³/mol. The van der Waals surface area contributed by atoms with Gasteiger partial charge < -0.3 is 14.8 Å². The normalized spacial score (nSPS) is 12.8. The minimum Gasteiger partial charge on any atom is -0.463 e. The fourth-order valence-corrected chi connectivity index (χ4v) is 3.52. The molecule has 0 saturated heterocycles. The Morgan fingerprint density at radius 1 is 1.23 bits per heavy atom. The highest BCUT2D eigenvalue weighted by atomic mass is 32.1. The second-order valence-electron chi connectivity index (χ2n) is 6.20. The van der Waals surface area contributed by atoms with Gasteiger partial charge in [-0.3, -0.25) is 14.2 Å². The van der Waals surface area contributed by atoms with E-state index >= 15 is 0 Å². The highest BCUT2D eigenvalue weighted by Gasteiger charge is 2.29. The number of rotatable bonds is 8. The Morgan fingerprint density at radius 3 is 2.48 bits per heavy atom. The molecular weight excluding hydrogens is 437 g/mol. The van der Waals surface area contributed by atoms with E-state index in [1.807, 2.05) is 0 Å². The molecule has 11 heteroatoms. The second kappa shape index (κ2) is 10.9. The number of carbonyl (C=O) groups is 2. The average molecular weight is 458 g/mol. The van der Waals surface area contributed by atoms with Crippen LogP contribution in [-0.4, -0.2) is 43.3 Å². The first-order chi connectivity index (χ1) is 14.7. The molecule has 0 spiro atoms. The lowest BCUT2D eigenvalue weighted by molar-refractivity contribution is -0.137. The van der Waals surface area contributed by atoms with Gasteiger partial charge >= 0.3 is 12.1 Å². The van der Waals surface area contributed by atoms with Gasteiger partial charge in [-0.2, -0.15) is 13.2 Å². The van der Waals surface area contributed by atoms with E-state index in [0.29, 0.717) is 12.2 Å². The Labute approximate surface area is 179 Å². The number of hydrogen-bond donors (Lipinski definition) is 1. The molecule has 0 atom stereocenters. The molecule has 2 aromatic rings. The van der Waals surface area contributed by atoms with Gasteiger partial charge in [0, 0.05) is 13.7 Å². The third-order valence-electron chi connectivity index (χ3n) is 3.93. The molecule has 2 rings (SSSR count). The number of ether oxygens (including phenoxy) is 2. The van der Waals surface area contributed by atoms with Crippen molar-refractivity contribution in [3.63, 3.8) is 0 Å². The number of thiazole rings is 1. The first-order valence-electron chi connectivity index (χ1n) is 9.18. The molecule has 1 amide bonds. The minimum atomic E-state index is -4.47. The maximum Gasteiger partial charge on any atom is 0.416 e. The highest BCUT2D eigenvalue weighted by Crippen LogP contribution is 2.29. The van der Waals surface area contributed by atoms with Gasteiger partial charge in [0.2, 0.25) is 5.91 Å².